The molecule has 1 amide bonds. The SMILES string of the molecule is O=C(COc1cccc2cccnc12)N/N=C/c1ccc(-c2ccc(C(=O)O)cc2)o1. The van der Waals surface area contributed by atoms with Crippen molar-refractivity contribution in [1.82, 2.24) is 10.4 Å². The molecule has 0 aliphatic carbocycles. The van der Waals surface area contributed by atoms with E-state index in [0.717, 1.165) is 10.9 Å². The predicted octanol–water partition coefficient (Wildman–Crippen LogP) is 3.72. The van der Waals surface area contributed by atoms with Crippen molar-refractivity contribution in [3.05, 3.63) is 84.3 Å². The number of hydrazone groups is 1. The largest absolute Gasteiger partial charge is 0.481 e. The van der Waals surface area contributed by atoms with Crippen molar-refractivity contribution in [2.45, 2.75) is 0 Å². The predicted molar refractivity (Wildman–Crippen MR) is 114 cm³/mol. The third-order valence-electron chi connectivity index (χ3n) is 4.38. The summed E-state index contributed by atoms with van der Waals surface area (Å²) < 4.78 is 11.2. The molecule has 0 unspecified atom stereocenters. The number of furan rings is 1. The zero-order valence-electron chi connectivity index (χ0n) is 16.2. The van der Waals surface area contributed by atoms with Gasteiger partial charge in [-0.25, -0.2) is 10.2 Å². The van der Waals surface area contributed by atoms with Gasteiger partial charge in [-0.1, -0.05) is 30.3 Å². The number of rotatable bonds is 7. The van der Waals surface area contributed by atoms with Gasteiger partial charge in [0.15, 0.2) is 6.61 Å². The monoisotopic (exact) mass is 415 g/mol. The van der Waals surface area contributed by atoms with Gasteiger partial charge < -0.3 is 14.3 Å². The fourth-order valence-corrected chi connectivity index (χ4v) is 2.89. The van der Waals surface area contributed by atoms with Gasteiger partial charge in [0.1, 0.15) is 22.8 Å². The van der Waals surface area contributed by atoms with E-state index in [4.69, 9.17) is 14.3 Å². The first-order valence-electron chi connectivity index (χ1n) is 9.32. The molecule has 0 spiro atoms. The van der Waals surface area contributed by atoms with E-state index in [0.29, 0.717) is 22.8 Å². The summed E-state index contributed by atoms with van der Waals surface area (Å²) in [7, 11) is 0. The fraction of sp³-hybridized carbons (Fsp3) is 0.0435. The summed E-state index contributed by atoms with van der Waals surface area (Å²) >= 11 is 0. The van der Waals surface area contributed by atoms with Crippen LogP contribution in [-0.2, 0) is 4.79 Å². The van der Waals surface area contributed by atoms with E-state index in [1.54, 1.807) is 36.5 Å². The highest BCUT2D eigenvalue weighted by atomic mass is 16.5. The Morgan fingerprint density at radius 2 is 1.87 bits per heavy atom. The van der Waals surface area contributed by atoms with Crippen molar-refractivity contribution >= 4 is 29.0 Å². The van der Waals surface area contributed by atoms with E-state index < -0.39 is 11.9 Å². The average molecular weight is 415 g/mol. The number of pyridine rings is 1. The first kappa shape index (κ1) is 19.8. The van der Waals surface area contributed by atoms with Gasteiger partial charge in [-0.05, 0) is 36.4 Å². The van der Waals surface area contributed by atoms with E-state index in [2.05, 4.69) is 15.5 Å². The van der Waals surface area contributed by atoms with E-state index in [9.17, 15) is 9.59 Å². The molecule has 0 aliphatic heterocycles. The first-order chi connectivity index (χ1) is 15.1. The van der Waals surface area contributed by atoms with Gasteiger partial charge in [-0.2, -0.15) is 5.10 Å². The number of carbonyl (C=O) groups excluding carboxylic acids is 1. The topological polar surface area (TPSA) is 114 Å². The van der Waals surface area contributed by atoms with Crippen molar-refractivity contribution in [1.29, 1.82) is 0 Å². The number of nitrogens with zero attached hydrogens (tertiary/aromatic N) is 2. The number of carboxylic acid groups (broad SMARTS) is 1. The molecular formula is C23H17N3O5. The second-order valence-electron chi connectivity index (χ2n) is 6.50. The van der Waals surface area contributed by atoms with Gasteiger partial charge in [0.25, 0.3) is 5.91 Å². The van der Waals surface area contributed by atoms with Crippen LogP contribution >= 0.6 is 0 Å². The minimum Gasteiger partial charge on any atom is -0.481 e. The molecule has 0 fully saturated rings. The number of para-hydroxylation sites is 1. The third kappa shape index (κ3) is 4.76. The number of aromatic carboxylic acids is 1. The van der Waals surface area contributed by atoms with Crippen LogP contribution in [0.3, 0.4) is 0 Å². The number of nitrogens with one attached hydrogen (secondary N) is 1. The number of fused-ring (bicyclic) bond motifs is 1. The summed E-state index contributed by atoms with van der Waals surface area (Å²) in [5.41, 5.74) is 3.98. The zero-order chi connectivity index (χ0) is 21.6. The standard InChI is InChI=1S/C23H17N3O5/c27-21(14-30-20-5-1-3-16-4-2-12-24-22(16)20)26-25-13-18-10-11-19(31-18)15-6-8-17(9-7-15)23(28)29/h1-13H,14H2,(H,26,27)(H,28,29)/b25-13+. The number of benzene rings is 2. The highest BCUT2D eigenvalue weighted by Gasteiger charge is 2.08. The summed E-state index contributed by atoms with van der Waals surface area (Å²) in [5.74, 6) is 0.0746. The maximum Gasteiger partial charge on any atom is 0.335 e. The Kier molecular flexibility index (Phi) is 5.70. The van der Waals surface area contributed by atoms with Crippen molar-refractivity contribution in [2.24, 2.45) is 5.10 Å². The lowest BCUT2D eigenvalue weighted by atomic mass is 10.1. The molecule has 4 rings (SSSR count). The lowest BCUT2D eigenvalue weighted by molar-refractivity contribution is -0.123. The zero-order valence-corrected chi connectivity index (χ0v) is 16.2. The molecule has 4 aromatic rings. The third-order valence-corrected chi connectivity index (χ3v) is 4.38. The van der Waals surface area contributed by atoms with Crippen molar-refractivity contribution < 1.29 is 23.8 Å². The minimum atomic E-state index is -0.991. The summed E-state index contributed by atoms with van der Waals surface area (Å²) in [6.45, 7) is -0.216. The summed E-state index contributed by atoms with van der Waals surface area (Å²) in [4.78, 5) is 27.2. The van der Waals surface area contributed by atoms with Crippen LogP contribution in [0.4, 0.5) is 0 Å². The molecule has 8 heteroatoms. The number of carbonyl (C=O) groups is 2. The molecule has 0 aliphatic rings. The number of carboxylic acids is 1. The first-order valence-corrected chi connectivity index (χ1v) is 9.32. The summed E-state index contributed by atoms with van der Waals surface area (Å²) in [6.07, 6.45) is 3.03. The quantitative estimate of drug-likeness (QED) is 0.351. The molecule has 2 aromatic carbocycles. The molecule has 2 heterocycles. The van der Waals surface area contributed by atoms with Gasteiger partial charge in [0, 0.05) is 17.1 Å². The van der Waals surface area contributed by atoms with Crippen molar-refractivity contribution in [3.8, 4) is 17.1 Å². The maximum absolute atomic E-state index is 12.0. The van der Waals surface area contributed by atoms with Gasteiger partial charge in [-0.15, -0.1) is 0 Å². The second-order valence-corrected chi connectivity index (χ2v) is 6.50. The smallest absolute Gasteiger partial charge is 0.335 e. The highest BCUT2D eigenvalue weighted by molar-refractivity contribution is 5.88. The van der Waals surface area contributed by atoms with Gasteiger partial charge in [-0.3, -0.25) is 9.78 Å². The maximum atomic E-state index is 12.0. The van der Waals surface area contributed by atoms with E-state index in [1.807, 2.05) is 24.3 Å². The molecule has 0 radical (unpaired) electrons. The average Bonchev–Trinajstić information content (AvgIpc) is 3.26. The Hall–Kier alpha value is -4.46. The number of aromatic nitrogens is 1. The summed E-state index contributed by atoms with van der Waals surface area (Å²) in [5, 5.41) is 13.7. The lowest BCUT2D eigenvalue weighted by Crippen LogP contribution is -2.24. The van der Waals surface area contributed by atoms with E-state index in [1.165, 1.54) is 18.3 Å². The normalized spacial score (nSPS) is 11.0. The Bertz CT molecular complexity index is 1260. The van der Waals surface area contributed by atoms with Crippen LogP contribution < -0.4 is 10.2 Å². The number of amides is 1. The molecular weight excluding hydrogens is 398 g/mol. The van der Waals surface area contributed by atoms with Crippen LogP contribution in [-0.4, -0.2) is 34.8 Å². The van der Waals surface area contributed by atoms with Crippen molar-refractivity contribution in [2.75, 3.05) is 6.61 Å². The van der Waals surface area contributed by atoms with Crippen LogP contribution in [0, 0.1) is 0 Å². The van der Waals surface area contributed by atoms with E-state index in [-0.39, 0.29) is 12.2 Å². The van der Waals surface area contributed by atoms with E-state index >= 15 is 0 Å². The van der Waals surface area contributed by atoms with Gasteiger partial charge in [0.05, 0.1) is 11.8 Å². The number of ether oxygens (including phenoxy) is 1. The Balaban J connectivity index is 1.32. The van der Waals surface area contributed by atoms with Crippen LogP contribution in [0.2, 0.25) is 0 Å². The van der Waals surface area contributed by atoms with Crippen LogP contribution in [0.25, 0.3) is 22.2 Å². The van der Waals surface area contributed by atoms with Crippen LogP contribution in [0.5, 0.6) is 5.75 Å². The van der Waals surface area contributed by atoms with Gasteiger partial charge >= 0.3 is 5.97 Å². The molecule has 2 N–H and O–H groups in total. The Morgan fingerprint density at radius 3 is 2.68 bits per heavy atom. The van der Waals surface area contributed by atoms with Crippen molar-refractivity contribution in [3.63, 3.8) is 0 Å². The molecule has 0 atom stereocenters. The number of hydrogen-bond acceptors (Lipinski definition) is 6. The fourth-order valence-electron chi connectivity index (χ4n) is 2.89. The second kappa shape index (κ2) is 8.91. The van der Waals surface area contributed by atoms with Crippen LogP contribution in [0.15, 0.2) is 82.4 Å². The van der Waals surface area contributed by atoms with Gasteiger partial charge in [0.2, 0.25) is 0 Å². The minimum absolute atomic E-state index is 0.196. The molecule has 0 saturated heterocycles. The Labute approximate surface area is 176 Å². The summed E-state index contributed by atoms with van der Waals surface area (Å²) in [6, 6.07) is 19.0. The Morgan fingerprint density at radius 1 is 1.06 bits per heavy atom. The highest BCUT2D eigenvalue weighted by Crippen LogP contribution is 2.23. The molecule has 2 aromatic heterocycles. The van der Waals surface area contributed by atoms with Crippen LogP contribution in [0.1, 0.15) is 16.1 Å². The molecule has 154 valence electrons. The molecule has 8 nitrogen and oxygen atoms in total. The number of hydrogen-bond donors (Lipinski definition) is 2. The molecule has 0 bridgehead atoms. The lowest BCUT2D eigenvalue weighted by Gasteiger charge is -2.07. The molecule has 0 saturated carbocycles. The molecule has 31 heavy (non-hydrogen) atoms.